The van der Waals surface area contributed by atoms with Crippen LogP contribution in [0.3, 0.4) is 0 Å². The van der Waals surface area contributed by atoms with Gasteiger partial charge in [-0.25, -0.2) is 9.59 Å². The molecule has 0 aliphatic heterocycles. The second-order valence-corrected chi connectivity index (χ2v) is 3.51. The summed E-state index contributed by atoms with van der Waals surface area (Å²) in [6.07, 6.45) is -0.103. The Balaban J connectivity index is 4.28. The summed E-state index contributed by atoms with van der Waals surface area (Å²) in [4.78, 5) is 34.4. The van der Waals surface area contributed by atoms with Gasteiger partial charge in [-0.1, -0.05) is 0 Å². The Labute approximate surface area is 105 Å². The number of ether oxygens (including phenoxy) is 1. The Morgan fingerprint density at radius 3 is 2.44 bits per heavy atom. The molecule has 8 nitrogen and oxygen atoms in total. The quantitative estimate of drug-likeness (QED) is 0.508. The van der Waals surface area contributed by atoms with Crippen molar-refractivity contribution in [2.75, 3.05) is 26.8 Å². The molecule has 0 aliphatic rings. The Bertz CT molecular complexity index is 307. The molecule has 1 atom stereocenters. The fraction of sp³-hybridized carbons (Fsp3) is 0.700. The molecule has 0 aliphatic carbocycles. The van der Waals surface area contributed by atoms with E-state index in [1.165, 1.54) is 7.05 Å². The van der Waals surface area contributed by atoms with Crippen molar-refractivity contribution >= 4 is 18.0 Å². The summed E-state index contributed by atoms with van der Waals surface area (Å²) in [7, 11) is 1.34. The fourth-order valence-electron chi connectivity index (χ4n) is 1.12. The molecule has 0 bridgehead atoms. The van der Waals surface area contributed by atoms with Crippen LogP contribution in [0.2, 0.25) is 0 Å². The zero-order chi connectivity index (χ0) is 14.1. The van der Waals surface area contributed by atoms with Crippen LogP contribution < -0.4 is 5.32 Å². The normalized spacial score (nSPS) is 11.5. The minimum absolute atomic E-state index is 0.103. The van der Waals surface area contributed by atoms with Gasteiger partial charge in [0.25, 0.3) is 0 Å². The van der Waals surface area contributed by atoms with Crippen LogP contribution >= 0.6 is 0 Å². The minimum atomic E-state index is -1.25. The molecule has 2 amide bonds. The standard InChI is InChI=1S/C10H18N2O6/c1-3-18-8(14)6-12(2)10(17)11-7(4-5-13)9(15)16/h7,13H,3-6H2,1-2H3,(H,11,17)(H,15,16)/t7-/m0/s1. The van der Waals surface area contributed by atoms with E-state index < -0.39 is 24.0 Å². The molecule has 0 aromatic heterocycles. The van der Waals surface area contributed by atoms with Crippen LogP contribution in [-0.4, -0.2) is 65.9 Å². The molecule has 18 heavy (non-hydrogen) atoms. The highest BCUT2D eigenvalue weighted by molar-refractivity contribution is 5.84. The molecule has 0 saturated carbocycles. The third-order valence-electron chi connectivity index (χ3n) is 2.03. The smallest absolute Gasteiger partial charge is 0.326 e. The summed E-state index contributed by atoms with van der Waals surface area (Å²) in [5.74, 6) is -1.83. The van der Waals surface area contributed by atoms with Crippen LogP contribution in [0.25, 0.3) is 0 Å². The van der Waals surface area contributed by atoms with E-state index in [4.69, 9.17) is 10.2 Å². The lowest BCUT2D eigenvalue weighted by atomic mass is 10.2. The average molecular weight is 262 g/mol. The number of carboxylic acids is 1. The highest BCUT2D eigenvalue weighted by Gasteiger charge is 2.22. The molecular weight excluding hydrogens is 244 g/mol. The van der Waals surface area contributed by atoms with Crippen molar-refractivity contribution in [1.29, 1.82) is 0 Å². The van der Waals surface area contributed by atoms with E-state index in [2.05, 4.69) is 10.1 Å². The summed E-state index contributed by atoms with van der Waals surface area (Å²) >= 11 is 0. The van der Waals surface area contributed by atoms with E-state index >= 15 is 0 Å². The number of likely N-dealkylation sites (N-methyl/N-ethyl adjacent to an activating group) is 1. The number of nitrogens with zero attached hydrogens (tertiary/aromatic N) is 1. The van der Waals surface area contributed by atoms with Gasteiger partial charge in [-0.05, 0) is 6.92 Å². The first-order valence-corrected chi connectivity index (χ1v) is 5.43. The van der Waals surface area contributed by atoms with E-state index in [-0.39, 0.29) is 26.2 Å². The molecule has 0 aromatic carbocycles. The molecule has 0 saturated heterocycles. The molecule has 0 heterocycles. The number of carboxylic acid groups (broad SMARTS) is 1. The van der Waals surface area contributed by atoms with E-state index in [1.54, 1.807) is 6.92 Å². The summed E-state index contributed by atoms with van der Waals surface area (Å²) in [5, 5.41) is 19.6. The third kappa shape index (κ3) is 6.04. The summed E-state index contributed by atoms with van der Waals surface area (Å²) in [6.45, 7) is 1.21. The predicted molar refractivity (Wildman–Crippen MR) is 60.9 cm³/mol. The monoisotopic (exact) mass is 262 g/mol. The lowest BCUT2D eigenvalue weighted by Crippen LogP contribution is -2.48. The van der Waals surface area contributed by atoms with Gasteiger partial charge in [0.15, 0.2) is 0 Å². The van der Waals surface area contributed by atoms with Gasteiger partial charge in [0.05, 0.1) is 6.61 Å². The van der Waals surface area contributed by atoms with Gasteiger partial charge in [-0.3, -0.25) is 4.79 Å². The van der Waals surface area contributed by atoms with Gasteiger partial charge in [-0.2, -0.15) is 0 Å². The highest BCUT2D eigenvalue weighted by Crippen LogP contribution is 1.95. The van der Waals surface area contributed by atoms with Crippen LogP contribution in [0.15, 0.2) is 0 Å². The maximum Gasteiger partial charge on any atom is 0.326 e. The van der Waals surface area contributed by atoms with E-state index in [0.29, 0.717) is 0 Å². The van der Waals surface area contributed by atoms with Crippen molar-refractivity contribution in [1.82, 2.24) is 10.2 Å². The van der Waals surface area contributed by atoms with Gasteiger partial charge in [0.2, 0.25) is 0 Å². The van der Waals surface area contributed by atoms with Gasteiger partial charge in [-0.15, -0.1) is 0 Å². The number of aliphatic hydroxyl groups is 1. The van der Waals surface area contributed by atoms with Crippen molar-refractivity contribution in [3.05, 3.63) is 0 Å². The number of carbonyl (C=O) groups is 3. The molecule has 0 fully saturated rings. The number of hydrogen-bond acceptors (Lipinski definition) is 5. The van der Waals surface area contributed by atoms with E-state index in [0.717, 1.165) is 4.90 Å². The van der Waals surface area contributed by atoms with Crippen LogP contribution in [0.5, 0.6) is 0 Å². The fourth-order valence-corrected chi connectivity index (χ4v) is 1.12. The zero-order valence-electron chi connectivity index (χ0n) is 10.4. The van der Waals surface area contributed by atoms with Crippen molar-refractivity contribution in [2.24, 2.45) is 0 Å². The predicted octanol–water partition coefficient (Wildman–Crippen LogP) is -0.973. The summed E-state index contributed by atoms with van der Waals surface area (Å²) in [6, 6.07) is -1.91. The molecule has 3 N–H and O–H groups in total. The van der Waals surface area contributed by atoms with Crippen LogP contribution in [0.4, 0.5) is 4.79 Å². The summed E-state index contributed by atoms with van der Waals surface area (Å²) in [5.41, 5.74) is 0. The van der Waals surface area contributed by atoms with Gasteiger partial charge in [0.1, 0.15) is 12.6 Å². The molecule has 0 rings (SSSR count). The number of hydrogen-bond donors (Lipinski definition) is 3. The van der Waals surface area contributed by atoms with Crippen molar-refractivity contribution in [2.45, 2.75) is 19.4 Å². The summed E-state index contributed by atoms with van der Waals surface area (Å²) < 4.78 is 4.65. The second-order valence-electron chi connectivity index (χ2n) is 3.51. The van der Waals surface area contributed by atoms with Crippen LogP contribution in [0, 0.1) is 0 Å². The lowest BCUT2D eigenvalue weighted by Gasteiger charge is -2.20. The lowest BCUT2D eigenvalue weighted by molar-refractivity contribution is -0.143. The molecule has 104 valence electrons. The molecular formula is C10H18N2O6. The molecule has 0 aromatic rings. The van der Waals surface area contributed by atoms with Crippen molar-refractivity contribution in [3.63, 3.8) is 0 Å². The molecule has 8 heteroatoms. The van der Waals surface area contributed by atoms with Crippen LogP contribution in [0.1, 0.15) is 13.3 Å². The van der Waals surface area contributed by atoms with Gasteiger partial charge in [0, 0.05) is 20.1 Å². The third-order valence-corrected chi connectivity index (χ3v) is 2.03. The molecule has 0 radical (unpaired) electrons. The number of rotatable bonds is 7. The maximum absolute atomic E-state index is 11.5. The first-order valence-electron chi connectivity index (χ1n) is 5.43. The van der Waals surface area contributed by atoms with Crippen molar-refractivity contribution < 1.29 is 29.3 Å². The maximum atomic E-state index is 11.5. The number of esters is 1. The SMILES string of the molecule is CCOC(=O)CN(C)C(=O)N[C@@H](CCO)C(=O)O. The Morgan fingerprint density at radius 1 is 1.39 bits per heavy atom. The first-order chi connectivity index (χ1) is 8.42. The topological polar surface area (TPSA) is 116 Å². The van der Waals surface area contributed by atoms with Gasteiger partial charge >= 0.3 is 18.0 Å². The Morgan fingerprint density at radius 2 is 2.00 bits per heavy atom. The Kier molecular flexibility index (Phi) is 7.45. The van der Waals surface area contributed by atoms with Crippen molar-refractivity contribution in [3.8, 4) is 0 Å². The molecule has 0 unspecified atom stereocenters. The zero-order valence-corrected chi connectivity index (χ0v) is 10.4. The van der Waals surface area contributed by atoms with E-state index in [9.17, 15) is 14.4 Å². The van der Waals surface area contributed by atoms with Gasteiger partial charge < -0.3 is 25.2 Å². The number of aliphatic carboxylic acids is 1. The highest BCUT2D eigenvalue weighted by atomic mass is 16.5. The average Bonchev–Trinajstić information content (AvgIpc) is 2.28. The number of nitrogens with one attached hydrogen (secondary N) is 1. The number of carbonyl (C=O) groups excluding carboxylic acids is 2. The minimum Gasteiger partial charge on any atom is -0.480 e. The number of amides is 2. The number of urea groups is 1. The van der Waals surface area contributed by atoms with Crippen LogP contribution in [-0.2, 0) is 14.3 Å². The van der Waals surface area contributed by atoms with E-state index in [1.807, 2.05) is 0 Å². The molecule has 0 spiro atoms. The largest absolute Gasteiger partial charge is 0.480 e. The first kappa shape index (κ1) is 16.2. The second kappa shape index (κ2) is 8.29. The number of aliphatic hydroxyl groups excluding tert-OH is 1. The Hall–Kier alpha value is -1.83.